The van der Waals surface area contributed by atoms with Gasteiger partial charge in [-0.25, -0.2) is 13.2 Å². The van der Waals surface area contributed by atoms with Gasteiger partial charge in [-0.1, -0.05) is 6.07 Å². The van der Waals surface area contributed by atoms with Crippen molar-refractivity contribution in [1.82, 2.24) is 14.5 Å². The minimum atomic E-state index is -3.43. The van der Waals surface area contributed by atoms with Crippen LogP contribution in [0.5, 0.6) is 5.75 Å². The average molecular weight is 396 g/mol. The molecule has 2 N–H and O–H groups in total. The van der Waals surface area contributed by atoms with Crippen LogP contribution in [0.3, 0.4) is 0 Å². The minimum Gasteiger partial charge on any atom is -0.497 e. The number of amides is 3. The van der Waals surface area contributed by atoms with Crippen LogP contribution >= 0.6 is 0 Å². The second-order valence-electron chi connectivity index (χ2n) is 7.13. The molecule has 0 saturated carbocycles. The number of sulfonamides is 1. The van der Waals surface area contributed by atoms with Crippen molar-refractivity contribution in [2.75, 3.05) is 51.4 Å². The first-order valence-corrected chi connectivity index (χ1v) is 10.5. The summed E-state index contributed by atoms with van der Waals surface area (Å²) in [5.74, 6) is 0.493. The van der Waals surface area contributed by atoms with E-state index < -0.39 is 15.4 Å². The molecular weight excluding hydrogens is 372 g/mol. The molecule has 2 aliphatic rings. The molecule has 0 bridgehead atoms. The zero-order valence-electron chi connectivity index (χ0n) is 15.4. The Morgan fingerprint density at radius 3 is 2.70 bits per heavy atom. The van der Waals surface area contributed by atoms with Gasteiger partial charge in [0.25, 0.3) is 0 Å². The van der Waals surface area contributed by atoms with Crippen LogP contribution in [-0.4, -0.2) is 75.7 Å². The van der Waals surface area contributed by atoms with E-state index in [1.165, 1.54) is 4.31 Å². The largest absolute Gasteiger partial charge is 0.497 e. The van der Waals surface area contributed by atoms with E-state index >= 15 is 0 Å². The molecule has 0 unspecified atom stereocenters. The summed E-state index contributed by atoms with van der Waals surface area (Å²) < 4.78 is 30.7. The molecule has 148 valence electrons. The number of carbonyl (C=O) groups is 2. The highest BCUT2D eigenvalue weighted by molar-refractivity contribution is 7.88. The number of anilines is 1. The summed E-state index contributed by atoms with van der Waals surface area (Å²) in [5, 5.41) is 5.59. The van der Waals surface area contributed by atoms with Crippen LogP contribution in [0.2, 0.25) is 0 Å². The summed E-state index contributed by atoms with van der Waals surface area (Å²) in [6.07, 6.45) is 1.35. The highest BCUT2D eigenvalue weighted by atomic mass is 32.2. The van der Waals surface area contributed by atoms with Gasteiger partial charge >= 0.3 is 6.03 Å². The van der Waals surface area contributed by atoms with E-state index in [9.17, 15) is 18.0 Å². The Balaban J connectivity index is 1.80. The molecule has 1 atom stereocenters. The number of nitrogens with one attached hydrogen (secondary N) is 2. The first-order chi connectivity index (χ1) is 12.7. The van der Waals surface area contributed by atoms with Crippen molar-refractivity contribution in [3.63, 3.8) is 0 Å². The van der Waals surface area contributed by atoms with Gasteiger partial charge in [0, 0.05) is 56.3 Å². The van der Waals surface area contributed by atoms with Crippen LogP contribution in [0, 0.1) is 5.41 Å². The maximum absolute atomic E-state index is 12.8. The molecule has 9 nitrogen and oxygen atoms in total. The number of carbonyl (C=O) groups excluding carboxylic acids is 2. The van der Waals surface area contributed by atoms with Crippen LogP contribution in [0.1, 0.15) is 6.42 Å². The molecule has 2 fully saturated rings. The molecule has 2 aliphatic heterocycles. The highest BCUT2D eigenvalue weighted by Crippen LogP contribution is 2.32. The Bertz CT molecular complexity index is 843. The Hall–Kier alpha value is -2.33. The van der Waals surface area contributed by atoms with Crippen LogP contribution in [0.15, 0.2) is 24.3 Å². The van der Waals surface area contributed by atoms with Gasteiger partial charge in [0.15, 0.2) is 0 Å². The topological polar surface area (TPSA) is 108 Å². The summed E-state index contributed by atoms with van der Waals surface area (Å²) in [6.45, 7) is 1.31. The lowest BCUT2D eigenvalue weighted by molar-refractivity contribution is -0.119. The van der Waals surface area contributed by atoms with Crippen LogP contribution in [0.25, 0.3) is 0 Å². The van der Waals surface area contributed by atoms with E-state index in [-0.39, 0.29) is 38.0 Å². The lowest BCUT2D eigenvalue weighted by Gasteiger charge is -2.32. The van der Waals surface area contributed by atoms with Crippen LogP contribution in [0.4, 0.5) is 10.5 Å². The van der Waals surface area contributed by atoms with Gasteiger partial charge in [0.2, 0.25) is 15.9 Å². The lowest BCUT2D eigenvalue weighted by Crippen LogP contribution is -2.45. The SMILES string of the molecule is COc1cccc(NC(=O)N2CCN(S(C)(=O)=O)C[C@@]3(CNC(=O)C3)C2)c1. The summed E-state index contributed by atoms with van der Waals surface area (Å²) >= 11 is 0. The number of hydrogen-bond acceptors (Lipinski definition) is 5. The van der Waals surface area contributed by atoms with E-state index in [4.69, 9.17) is 4.74 Å². The third-order valence-electron chi connectivity index (χ3n) is 4.93. The summed E-state index contributed by atoms with van der Waals surface area (Å²) in [4.78, 5) is 26.2. The normalized spacial score (nSPS) is 23.8. The van der Waals surface area contributed by atoms with Crippen molar-refractivity contribution < 1.29 is 22.7 Å². The predicted octanol–water partition coefficient (Wildman–Crippen LogP) is 0.311. The van der Waals surface area contributed by atoms with Gasteiger partial charge in [-0.3, -0.25) is 4.79 Å². The first kappa shape index (κ1) is 19.4. The van der Waals surface area contributed by atoms with Crippen molar-refractivity contribution in [2.45, 2.75) is 6.42 Å². The zero-order valence-corrected chi connectivity index (χ0v) is 16.2. The fraction of sp³-hybridized carbons (Fsp3) is 0.529. The van der Waals surface area contributed by atoms with Gasteiger partial charge in [-0.05, 0) is 12.1 Å². The van der Waals surface area contributed by atoms with E-state index in [2.05, 4.69) is 10.6 Å². The van der Waals surface area contributed by atoms with E-state index in [1.807, 2.05) is 0 Å². The first-order valence-electron chi connectivity index (χ1n) is 8.63. The second kappa shape index (κ2) is 7.35. The molecule has 1 aromatic carbocycles. The molecule has 27 heavy (non-hydrogen) atoms. The third kappa shape index (κ3) is 4.51. The van der Waals surface area contributed by atoms with Gasteiger partial charge in [0.05, 0.1) is 13.4 Å². The van der Waals surface area contributed by atoms with Crippen molar-refractivity contribution in [1.29, 1.82) is 0 Å². The van der Waals surface area contributed by atoms with E-state index in [1.54, 1.807) is 36.3 Å². The molecule has 10 heteroatoms. The molecule has 2 saturated heterocycles. The molecule has 0 aliphatic carbocycles. The fourth-order valence-corrected chi connectivity index (χ4v) is 4.48. The zero-order chi connectivity index (χ0) is 19.7. The molecule has 1 spiro atoms. The smallest absolute Gasteiger partial charge is 0.321 e. The predicted molar refractivity (Wildman–Crippen MR) is 100 cm³/mol. The number of methoxy groups -OCH3 is 1. The summed E-state index contributed by atoms with van der Waals surface area (Å²) in [6, 6.07) is 6.66. The Labute approximate surface area is 158 Å². The molecule has 0 radical (unpaired) electrons. The van der Waals surface area contributed by atoms with Gasteiger partial charge < -0.3 is 20.3 Å². The van der Waals surface area contributed by atoms with Gasteiger partial charge in [0.1, 0.15) is 5.75 Å². The van der Waals surface area contributed by atoms with Crippen molar-refractivity contribution in [3.05, 3.63) is 24.3 Å². The summed E-state index contributed by atoms with van der Waals surface area (Å²) in [5.41, 5.74) is -0.0409. The standard InChI is InChI=1S/C17H24N4O5S/c1-26-14-5-3-4-13(8-14)19-16(23)20-6-7-21(27(2,24)25)12-17(11-20)9-15(22)18-10-17/h3-5,8H,6-7,9-12H2,1-2H3,(H,18,22)(H,19,23)/t17-/m0/s1. The minimum absolute atomic E-state index is 0.126. The number of hydrogen-bond donors (Lipinski definition) is 2. The Morgan fingerprint density at radius 2 is 2.07 bits per heavy atom. The summed E-state index contributed by atoms with van der Waals surface area (Å²) in [7, 11) is -1.88. The van der Waals surface area contributed by atoms with E-state index in [0.29, 0.717) is 24.5 Å². The fourth-order valence-electron chi connectivity index (χ4n) is 3.55. The van der Waals surface area contributed by atoms with Crippen molar-refractivity contribution >= 4 is 27.6 Å². The number of benzene rings is 1. The number of urea groups is 1. The van der Waals surface area contributed by atoms with Crippen LogP contribution in [-0.2, 0) is 14.8 Å². The molecule has 3 rings (SSSR count). The molecular formula is C17H24N4O5S. The lowest BCUT2D eigenvalue weighted by atomic mass is 9.86. The quantitative estimate of drug-likeness (QED) is 0.765. The molecule has 3 amide bonds. The number of rotatable bonds is 3. The second-order valence-corrected chi connectivity index (χ2v) is 9.12. The van der Waals surface area contributed by atoms with Gasteiger partial charge in [-0.15, -0.1) is 0 Å². The highest BCUT2D eigenvalue weighted by Gasteiger charge is 2.45. The molecule has 1 aromatic rings. The van der Waals surface area contributed by atoms with Crippen molar-refractivity contribution in [3.8, 4) is 5.75 Å². The maximum atomic E-state index is 12.8. The third-order valence-corrected chi connectivity index (χ3v) is 6.18. The monoisotopic (exact) mass is 396 g/mol. The number of ether oxygens (including phenoxy) is 1. The Morgan fingerprint density at radius 1 is 1.30 bits per heavy atom. The van der Waals surface area contributed by atoms with Crippen LogP contribution < -0.4 is 15.4 Å². The molecule has 2 heterocycles. The molecule has 0 aromatic heterocycles. The average Bonchev–Trinajstić information content (AvgIpc) is 2.85. The number of nitrogens with zero attached hydrogens (tertiary/aromatic N) is 2. The maximum Gasteiger partial charge on any atom is 0.321 e. The van der Waals surface area contributed by atoms with Gasteiger partial charge in [-0.2, -0.15) is 4.31 Å². The van der Waals surface area contributed by atoms with E-state index in [0.717, 1.165) is 6.26 Å². The Kier molecular flexibility index (Phi) is 5.29. The van der Waals surface area contributed by atoms with Crippen molar-refractivity contribution in [2.24, 2.45) is 5.41 Å².